The molecule has 1 heterocycles. The lowest BCUT2D eigenvalue weighted by atomic mass is 9.58. The maximum absolute atomic E-state index is 11.9. The van der Waals surface area contributed by atoms with Crippen LogP contribution in [0, 0.1) is 5.41 Å². The number of fused-ring (bicyclic) bond motifs is 1. The molecule has 0 radical (unpaired) electrons. The van der Waals surface area contributed by atoms with Crippen LogP contribution in [0.1, 0.15) is 24.8 Å². The number of benzene rings is 1. The Morgan fingerprint density at radius 2 is 2.12 bits per heavy atom. The van der Waals surface area contributed by atoms with Crippen molar-refractivity contribution in [3.63, 3.8) is 0 Å². The molecule has 2 heteroatoms. The standard InChI is InChI=1S/C14H16O2/c15-12-9-13-14(12,7-4-8-16-13)10-11-5-2-1-3-6-11/h1-3,5-6,13H,4,7-10H2. The molecule has 1 saturated heterocycles. The van der Waals surface area contributed by atoms with Crippen molar-refractivity contribution in [2.45, 2.75) is 31.8 Å². The predicted molar refractivity (Wildman–Crippen MR) is 61.2 cm³/mol. The van der Waals surface area contributed by atoms with Crippen LogP contribution in [-0.4, -0.2) is 18.5 Å². The van der Waals surface area contributed by atoms with Gasteiger partial charge in [0, 0.05) is 13.0 Å². The van der Waals surface area contributed by atoms with E-state index in [0.717, 1.165) is 25.9 Å². The largest absolute Gasteiger partial charge is 0.377 e. The summed E-state index contributed by atoms with van der Waals surface area (Å²) in [5.41, 5.74) is 1.07. The van der Waals surface area contributed by atoms with E-state index in [1.165, 1.54) is 5.56 Å². The van der Waals surface area contributed by atoms with Crippen LogP contribution in [0.25, 0.3) is 0 Å². The Labute approximate surface area is 95.6 Å². The highest BCUT2D eigenvalue weighted by atomic mass is 16.5. The Bertz CT molecular complexity index is 398. The summed E-state index contributed by atoms with van der Waals surface area (Å²) in [6.07, 6.45) is 3.71. The quantitative estimate of drug-likeness (QED) is 0.758. The van der Waals surface area contributed by atoms with Crippen molar-refractivity contribution in [3.05, 3.63) is 35.9 Å². The molecule has 1 saturated carbocycles. The number of rotatable bonds is 2. The van der Waals surface area contributed by atoms with Crippen LogP contribution < -0.4 is 0 Å². The molecule has 3 rings (SSSR count). The molecule has 2 aliphatic rings. The molecule has 0 bridgehead atoms. The zero-order chi connectivity index (χ0) is 11.0. The Hall–Kier alpha value is -1.15. The van der Waals surface area contributed by atoms with Crippen LogP contribution >= 0.6 is 0 Å². The topological polar surface area (TPSA) is 26.3 Å². The number of ether oxygens (including phenoxy) is 1. The number of carbonyl (C=O) groups excluding carboxylic acids is 1. The van der Waals surface area contributed by atoms with E-state index < -0.39 is 0 Å². The fourth-order valence-corrected chi connectivity index (χ4v) is 3.01. The molecule has 1 aliphatic carbocycles. The van der Waals surface area contributed by atoms with Crippen LogP contribution in [0.4, 0.5) is 0 Å². The smallest absolute Gasteiger partial charge is 0.144 e. The predicted octanol–water partition coefficient (Wildman–Crippen LogP) is 2.37. The van der Waals surface area contributed by atoms with E-state index in [1.807, 2.05) is 18.2 Å². The lowest BCUT2D eigenvalue weighted by molar-refractivity contribution is -0.175. The van der Waals surface area contributed by atoms with Crippen LogP contribution in [0.15, 0.2) is 30.3 Å². The maximum atomic E-state index is 11.9. The molecule has 16 heavy (non-hydrogen) atoms. The summed E-state index contributed by atoms with van der Waals surface area (Å²) in [5, 5.41) is 0. The van der Waals surface area contributed by atoms with E-state index in [1.54, 1.807) is 0 Å². The van der Waals surface area contributed by atoms with Crippen LogP contribution in [0.2, 0.25) is 0 Å². The second kappa shape index (κ2) is 3.70. The van der Waals surface area contributed by atoms with Crippen LogP contribution in [0.3, 0.4) is 0 Å². The Morgan fingerprint density at radius 3 is 2.81 bits per heavy atom. The zero-order valence-electron chi connectivity index (χ0n) is 9.32. The van der Waals surface area contributed by atoms with E-state index >= 15 is 0 Å². The van der Waals surface area contributed by atoms with E-state index in [4.69, 9.17) is 4.74 Å². The molecule has 1 aromatic rings. The molecular weight excluding hydrogens is 200 g/mol. The molecule has 0 aromatic heterocycles. The molecule has 0 N–H and O–H groups in total. The summed E-state index contributed by atoms with van der Waals surface area (Å²) in [4.78, 5) is 11.9. The number of hydrogen-bond donors (Lipinski definition) is 0. The Kier molecular flexibility index (Phi) is 2.32. The minimum atomic E-state index is -0.181. The van der Waals surface area contributed by atoms with Gasteiger partial charge in [0.05, 0.1) is 11.5 Å². The highest BCUT2D eigenvalue weighted by Crippen LogP contribution is 2.48. The van der Waals surface area contributed by atoms with E-state index in [-0.39, 0.29) is 11.5 Å². The first kappa shape index (κ1) is 10.0. The van der Waals surface area contributed by atoms with Crippen LogP contribution in [0.5, 0.6) is 0 Å². The van der Waals surface area contributed by atoms with Gasteiger partial charge in [0.1, 0.15) is 5.78 Å². The third-order valence-electron chi connectivity index (χ3n) is 3.99. The third-order valence-corrected chi connectivity index (χ3v) is 3.99. The molecule has 0 amide bonds. The lowest BCUT2D eigenvalue weighted by Gasteiger charge is -2.50. The van der Waals surface area contributed by atoms with Crippen molar-refractivity contribution in [2.24, 2.45) is 5.41 Å². The minimum absolute atomic E-state index is 0.181. The monoisotopic (exact) mass is 216 g/mol. The first-order valence-corrected chi connectivity index (χ1v) is 6.00. The summed E-state index contributed by atoms with van der Waals surface area (Å²) in [7, 11) is 0. The average Bonchev–Trinajstić information content (AvgIpc) is 2.32. The van der Waals surface area contributed by atoms with Gasteiger partial charge < -0.3 is 4.74 Å². The van der Waals surface area contributed by atoms with Gasteiger partial charge in [-0.25, -0.2) is 0 Å². The fourth-order valence-electron chi connectivity index (χ4n) is 3.01. The number of hydrogen-bond acceptors (Lipinski definition) is 2. The molecule has 84 valence electrons. The highest BCUT2D eigenvalue weighted by molar-refractivity contribution is 5.92. The molecule has 2 nitrogen and oxygen atoms in total. The van der Waals surface area contributed by atoms with Gasteiger partial charge in [-0.2, -0.15) is 0 Å². The van der Waals surface area contributed by atoms with Crippen molar-refractivity contribution >= 4 is 5.78 Å². The summed E-state index contributed by atoms with van der Waals surface area (Å²) < 4.78 is 5.70. The minimum Gasteiger partial charge on any atom is -0.377 e. The summed E-state index contributed by atoms with van der Waals surface area (Å²) in [6.45, 7) is 0.828. The summed E-state index contributed by atoms with van der Waals surface area (Å²) in [5.74, 6) is 0.404. The first-order chi connectivity index (χ1) is 7.81. The van der Waals surface area contributed by atoms with Gasteiger partial charge in [-0.1, -0.05) is 30.3 Å². The summed E-state index contributed by atoms with van der Waals surface area (Å²) in [6, 6.07) is 10.3. The van der Waals surface area contributed by atoms with Crippen molar-refractivity contribution in [1.82, 2.24) is 0 Å². The SMILES string of the molecule is O=C1CC2OCCCC12Cc1ccccc1. The first-order valence-electron chi connectivity index (χ1n) is 6.00. The molecule has 1 aliphatic heterocycles. The second-order valence-electron chi connectivity index (χ2n) is 4.91. The van der Waals surface area contributed by atoms with Crippen molar-refractivity contribution in [2.75, 3.05) is 6.61 Å². The van der Waals surface area contributed by atoms with E-state index in [0.29, 0.717) is 12.2 Å². The van der Waals surface area contributed by atoms with Gasteiger partial charge in [0.15, 0.2) is 0 Å². The molecule has 0 spiro atoms. The van der Waals surface area contributed by atoms with E-state index in [2.05, 4.69) is 12.1 Å². The lowest BCUT2D eigenvalue weighted by Crippen LogP contribution is -2.58. The van der Waals surface area contributed by atoms with Gasteiger partial charge in [-0.3, -0.25) is 4.79 Å². The van der Waals surface area contributed by atoms with Gasteiger partial charge in [0.2, 0.25) is 0 Å². The molecule has 2 fully saturated rings. The highest BCUT2D eigenvalue weighted by Gasteiger charge is 2.56. The van der Waals surface area contributed by atoms with Gasteiger partial charge in [0.25, 0.3) is 0 Å². The Balaban J connectivity index is 1.84. The van der Waals surface area contributed by atoms with Gasteiger partial charge in [-0.15, -0.1) is 0 Å². The van der Waals surface area contributed by atoms with Crippen molar-refractivity contribution in [1.29, 1.82) is 0 Å². The van der Waals surface area contributed by atoms with Gasteiger partial charge in [-0.05, 0) is 24.8 Å². The Morgan fingerprint density at radius 1 is 1.31 bits per heavy atom. The maximum Gasteiger partial charge on any atom is 0.144 e. The number of carbonyl (C=O) groups is 1. The van der Waals surface area contributed by atoms with Crippen molar-refractivity contribution in [3.8, 4) is 0 Å². The number of ketones is 1. The normalized spacial score (nSPS) is 33.0. The average molecular weight is 216 g/mol. The van der Waals surface area contributed by atoms with Gasteiger partial charge >= 0.3 is 0 Å². The van der Waals surface area contributed by atoms with E-state index in [9.17, 15) is 4.79 Å². The van der Waals surface area contributed by atoms with Crippen molar-refractivity contribution < 1.29 is 9.53 Å². The second-order valence-corrected chi connectivity index (χ2v) is 4.91. The third kappa shape index (κ3) is 1.40. The molecular formula is C14H16O2. The molecule has 2 unspecified atom stereocenters. The zero-order valence-corrected chi connectivity index (χ0v) is 9.32. The fraction of sp³-hybridized carbons (Fsp3) is 0.500. The number of Topliss-reactive ketones (excluding diaryl/α,β-unsaturated/α-hetero) is 1. The summed E-state index contributed by atoms with van der Waals surface area (Å²) >= 11 is 0. The molecule has 2 atom stereocenters. The molecule has 1 aromatic carbocycles. The van der Waals surface area contributed by atoms with Crippen LogP contribution in [-0.2, 0) is 16.0 Å².